The Hall–Kier alpha value is -2.78. The Balaban J connectivity index is 1.95. The van der Waals surface area contributed by atoms with E-state index >= 15 is 0 Å². The SMILES string of the molecule is [O]N1c2ccccc2OCC1(c1ccccc1)c1ccccc1. The predicted octanol–water partition coefficient (Wildman–Crippen LogP) is 4.17. The summed E-state index contributed by atoms with van der Waals surface area (Å²) >= 11 is 0. The zero-order valence-electron chi connectivity index (χ0n) is 12.6. The fraction of sp³-hybridized carbons (Fsp3) is 0.100. The fourth-order valence-corrected chi connectivity index (χ4v) is 3.19. The Morgan fingerprint density at radius 1 is 0.739 bits per heavy atom. The van der Waals surface area contributed by atoms with Crippen molar-refractivity contribution in [1.82, 2.24) is 0 Å². The van der Waals surface area contributed by atoms with E-state index in [9.17, 15) is 5.21 Å². The molecule has 3 aromatic carbocycles. The second kappa shape index (κ2) is 5.45. The highest BCUT2D eigenvalue weighted by Gasteiger charge is 2.46. The Bertz CT molecular complexity index is 763. The first kappa shape index (κ1) is 13.9. The molecule has 3 heteroatoms. The van der Waals surface area contributed by atoms with Crippen LogP contribution in [-0.2, 0) is 10.7 Å². The van der Waals surface area contributed by atoms with Crippen LogP contribution >= 0.6 is 0 Å². The second-order valence-corrected chi connectivity index (χ2v) is 5.64. The standard InChI is InChI=1S/C20H16NO2/c22-21-18-13-7-8-14-19(18)23-15-20(21,16-9-3-1-4-10-16)17-11-5-2-6-12-17/h1-14H,15H2. The summed E-state index contributed by atoms with van der Waals surface area (Å²) in [6.45, 7) is 0.279. The van der Waals surface area contributed by atoms with Crippen LogP contribution in [0.25, 0.3) is 0 Å². The molecule has 0 atom stereocenters. The van der Waals surface area contributed by atoms with E-state index in [1.165, 1.54) is 0 Å². The monoisotopic (exact) mass is 302 g/mol. The molecule has 1 aliphatic heterocycles. The van der Waals surface area contributed by atoms with Crippen LogP contribution in [0.5, 0.6) is 5.75 Å². The maximum absolute atomic E-state index is 13.4. The Kier molecular flexibility index (Phi) is 3.28. The number of anilines is 1. The van der Waals surface area contributed by atoms with Crippen LogP contribution in [0.2, 0.25) is 0 Å². The lowest BCUT2D eigenvalue weighted by Crippen LogP contribution is -2.51. The highest BCUT2D eigenvalue weighted by molar-refractivity contribution is 5.63. The number of ether oxygens (including phenoxy) is 1. The van der Waals surface area contributed by atoms with Crippen molar-refractivity contribution in [2.75, 3.05) is 11.7 Å². The first-order chi connectivity index (χ1) is 11.3. The van der Waals surface area contributed by atoms with Crippen molar-refractivity contribution < 1.29 is 9.94 Å². The average molecular weight is 302 g/mol. The number of nitrogens with zero attached hydrogens (tertiary/aromatic N) is 1. The molecule has 3 aromatic rings. The van der Waals surface area contributed by atoms with Crippen LogP contribution in [0.1, 0.15) is 11.1 Å². The van der Waals surface area contributed by atoms with Crippen LogP contribution in [0, 0.1) is 0 Å². The van der Waals surface area contributed by atoms with Crippen molar-refractivity contribution >= 4 is 5.69 Å². The topological polar surface area (TPSA) is 32.4 Å². The van der Waals surface area contributed by atoms with Crippen LogP contribution in [0.4, 0.5) is 5.69 Å². The van der Waals surface area contributed by atoms with Crippen molar-refractivity contribution in [3.05, 3.63) is 96.1 Å². The summed E-state index contributed by atoms with van der Waals surface area (Å²) in [5, 5.41) is 14.5. The van der Waals surface area contributed by atoms with Crippen LogP contribution < -0.4 is 9.80 Å². The van der Waals surface area contributed by atoms with E-state index in [0.29, 0.717) is 11.4 Å². The van der Waals surface area contributed by atoms with E-state index in [4.69, 9.17) is 4.74 Å². The molecule has 0 aliphatic carbocycles. The third-order valence-corrected chi connectivity index (χ3v) is 4.37. The van der Waals surface area contributed by atoms with Gasteiger partial charge < -0.3 is 4.74 Å². The molecule has 0 saturated heterocycles. The van der Waals surface area contributed by atoms with Crippen molar-refractivity contribution in [3.8, 4) is 5.75 Å². The van der Waals surface area contributed by atoms with E-state index in [0.717, 1.165) is 16.2 Å². The van der Waals surface area contributed by atoms with Gasteiger partial charge in [0.25, 0.3) is 0 Å². The number of hydrogen-bond donors (Lipinski definition) is 0. The zero-order valence-corrected chi connectivity index (χ0v) is 12.6. The fourth-order valence-electron chi connectivity index (χ4n) is 3.19. The molecule has 0 unspecified atom stereocenters. The van der Waals surface area contributed by atoms with Gasteiger partial charge in [0.1, 0.15) is 18.0 Å². The summed E-state index contributed by atoms with van der Waals surface area (Å²) < 4.78 is 5.98. The van der Waals surface area contributed by atoms with Gasteiger partial charge in [-0.3, -0.25) is 0 Å². The summed E-state index contributed by atoms with van der Waals surface area (Å²) in [7, 11) is 0. The second-order valence-electron chi connectivity index (χ2n) is 5.64. The van der Waals surface area contributed by atoms with E-state index in [-0.39, 0.29) is 6.61 Å². The summed E-state index contributed by atoms with van der Waals surface area (Å²) in [5.74, 6) is 0.630. The quantitative estimate of drug-likeness (QED) is 0.711. The smallest absolute Gasteiger partial charge is 0.154 e. The van der Waals surface area contributed by atoms with Gasteiger partial charge in [-0.15, -0.1) is 0 Å². The molecule has 113 valence electrons. The molecule has 0 spiro atoms. The summed E-state index contributed by atoms with van der Waals surface area (Å²) in [5.41, 5.74) is 1.54. The molecular weight excluding hydrogens is 286 g/mol. The molecule has 3 nitrogen and oxygen atoms in total. The molecule has 0 amide bonds. The maximum Gasteiger partial charge on any atom is 0.154 e. The molecule has 1 radical (unpaired) electrons. The van der Waals surface area contributed by atoms with Gasteiger partial charge in [-0.1, -0.05) is 78.0 Å². The normalized spacial score (nSPS) is 15.6. The molecule has 0 saturated carbocycles. The minimum atomic E-state index is -0.878. The third-order valence-electron chi connectivity index (χ3n) is 4.37. The summed E-state index contributed by atoms with van der Waals surface area (Å²) in [4.78, 5) is 0. The Morgan fingerprint density at radius 2 is 1.26 bits per heavy atom. The van der Waals surface area contributed by atoms with Gasteiger partial charge >= 0.3 is 0 Å². The highest BCUT2D eigenvalue weighted by Crippen LogP contribution is 2.45. The van der Waals surface area contributed by atoms with Crippen molar-refractivity contribution in [1.29, 1.82) is 0 Å². The molecule has 0 N–H and O–H groups in total. The van der Waals surface area contributed by atoms with E-state index in [2.05, 4.69) is 0 Å². The molecule has 1 heterocycles. The largest absolute Gasteiger partial charge is 0.488 e. The van der Waals surface area contributed by atoms with Crippen molar-refractivity contribution in [2.24, 2.45) is 0 Å². The molecule has 0 aromatic heterocycles. The van der Waals surface area contributed by atoms with E-state index in [1.807, 2.05) is 84.9 Å². The number of para-hydroxylation sites is 2. The van der Waals surface area contributed by atoms with E-state index in [1.54, 1.807) is 0 Å². The first-order valence-corrected chi connectivity index (χ1v) is 7.62. The summed E-state index contributed by atoms with van der Waals surface area (Å²) in [6, 6.07) is 27.0. The molecule has 0 fully saturated rings. The number of hydroxylamine groups is 1. The van der Waals surface area contributed by atoms with Gasteiger partial charge in [0.2, 0.25) is 0 Å². The van der Waals surface area contributed by atoms with Crippen molar-refractivity contribution in [3.63, 3.8) is 0 Å². The van der Waals surface area contributed by atoms with Crippen LogP contribution in [0.3, 0.4) is 0 Å². The predicted molar refractivity (Wildman–Crippen MR) is 88.8 cm³/mol. The minimum absolute atomic E-state index is 0.279. The number of hydrogen-bond acceptors (Lipinski definition) is 2. The van der Waals surface area contributed by atoms with Gasteiger partial charge in [-0.05, 0) is 23.3 Å². The van der Waals surface area contributed by atoms with Gasteiger partial charge in [0.15, 0.2) is 5.54 Å². The average Bonchev–Trinajstić information content (AvgIpc) is 2.64. The number of benzene rings is 3. The Morgan fingerprint density at radius 3 is 1.87 bits per heavy atom. The molecule has 23 heavy (non-hydrogen) atoms. The lowest BCUT2D eigenvalue weighted by molar-refractivity contribution is 0.0503. The zero-order chi connectivity index (χ0) is 15.7. The van der Waals surface area contributed by atoms with Gasteiger partial charge in [0, 0.05) is 0 Å². The number of fused-ring (bicyclic) bond motifs is 1. The molecular formula is C20H16NO2. The number of rotatable bonds is 2. The summed E-state index contributed by atoms with van der Waals surface area (Å²) in [6.07, 6.45) is 0. The van der Waals surface area contributed by atoms with Crippen LogP contribution in [0.15, 0.2) is 84.9 Å². The molecule has 1 aliphatic rings. The minimum Gasteiger partial charge on any atom is -0.488 e. The third kappa shape index (κ3) is 2.09. The first-order valence-electron chi connectivity index (χ1n) is 7.62. The molecule has 4 rings (SSSR count). The van der Waals surface area contributed by atoms with Crippen LogP contribution in [-0.4, -0.2) is 6.61 Å². The molecule has 0 bridgehead atoms. The lowest BCUT2D eigenvalue weighted by atomic mass is 9.82. The maximum atomic E-state index is 13.4. The van der Waals surface area contributed by atoms with Gasteiger partial charge in [-0.2, -0.15) is 5.06 Å². The van der Waals surface area contributed by atoms with Gasteiger partial charge in [-0.25, -0.2) is 0 Å². The van der Waals surface area contributed by atoms with Gasteiger partial charge in [0.05, 0.1) is 0 Å². The van der Waals surface area contributed by atoms with Crippen molar-refractivity contribution in [2.45, 2.75) is 5.54 Å². The van der Waals surface area contributed by atoms with E-state index < -0.39 is 5.54 Å². The highest BCUT2D eigenvalue weighted by atomic mass is 16.5. The lowest BCUT2D eigenvalue weighted by Gasteiger charge is -2.43. The Labute approximate surface area is 135 Å².